The number of nitrogens with one attached hydrogen (secondary N) is 2. The minimum absolute atomic E-state index is 0.0697. The lowest BCUT2D eigenvalue weighted by Crippen LogP contribution is -2.45. The fourth-order valence-electron chi connectivity index (χ4n) is 2.37. The number of aliphatic imine (C=N–C) groups is 1. The third-order valence-corrected chi connectivity index (χ3v) is 4.16. The van der Waals surface area contributed by atoms with Gasteiger partial charge in [0.15, 0.2) is 5.96 Å². The van der Waals surface area contributed by atoms with Crippen molar-refractivity contribution in [3.8, 4) is 0 Å². The van der Waals surface area contributed by atoms with Gasteiger partial charge in [0, 0.05) is 32.6 Å². The van der Waals surface area contributed by atoms with Gasteiger partial charge in [-0.1, -0.05) is 31.2 Å². The Bertz CT molecular complexity index is 671. The zero-order valence-electron chi connectivity index (χ0n) is 16.1. The smallest absolute Gasteiger partial charge is 0.353 e. The molecule has 0 aliphatic carbocycles. The molecule has 2 unspecified atom stereocenters. The van der Waals surface area contributed by atoms with Crippen molar-refractivity contribution < 1.29 is 18.0 Å². The van der Waals surface area contributed by atoms with Crippen LogP contribution in [0.2, 0.25) is 0 Å². The molecule has 0 heterocycles. The summed E-state index contributed by atoms with van der Waals surface area (Å²) in [5.74, 6) is -0.283. The number of carbonyl (C=O) groups is 1. The summed E-state index contributed by atoms with van der Waals surface area (Å²) in [6.07, 6.45) is -2.79. The first-order valence-electron chi connectivity index (χ1n) is 8.60. The topological polar surface area (TPSA) is 56.7 Å². The number of nitrogens with zero attached hydrogens (tertiary/aromatic N) is 2. The Morgan fingerprint density at radius 1 is 1.30 bits per heavy atom. The highest BCUT2D eigenvalue weighted by molar-refractivity contribution is 5.85. The number of benzene rings is 1. The molecule has 150 valence electrons. The van der Waals surface area contributed by atoms with Gasteiger partial charge in [-0.25, -0.2) is 4.99 Å². The lowest BCUT2D eigenvalue weighted by atomic mass is 9.90. The Labute approximate surface area is 158 Å². The number of likely N-dealkylation sites (N-methyl/N-ethyl adjacent to an activating group) is 1. The van der Waals surface area contributed by atoms with E-state index in [4.69, 9.17) is 0 Å². The molecule has 8 heteroatoms. The first-order chi connectivity index (χ1) is 12.6. The van der Waals surface area contributed by atoms with Crippen LogP contribution < -0.4 is 10.6 Å². The predicted octanol–water partition coefficient (Wildman–Crippen LogP) is 3.01. The average Bonchev–Trinajstić information content (AvgIpc) is 2.61. The number of alkyl halides is 3. The van der Waals surface area contributed by atoms with Crippen LogP contribution in [-0.2, 0) is 11.0 Å². The Balaban J connectivity index is 2.98. The molecular formula is C19H27F3N4O. The van der Waals surface area contributed by atoms with Crippen molar-refractivity contribution >= 4 is 11.9 Å². The Morgan fingerprint density at radius 2 is 1.93 bits per heavy atom. The van der Waals surface area contributed by atoms with Crippen molar-refractivity contribution in [1.29, 1.82) is 0 Å². The standard InChI is InChI=1S/C19H27F3N4O/c1-6-11-23-18(24-12-17(27)26(4)5)25-14(3)13(2)15-9-7-8-10-16(15)19(20,21)22/h6-10,13-14H,1,11-12H2,2-5H3,(H2,23,24,25). The second-order valence-electron chi connectivity index (χ2n) is 6.43. The first kappa shape index (κ1) is 22.5. The SMILES string of the molecule is C=CCNC(=NCC(=O)N(C)C)NC(C)C(C)c1ccccc1C(F)(F)F. The van der Waals surface area contributed by atoms with Gasteiger partial charge in [-0.05, 0) is 18.6 Å². The second kappa shape index (κ2) is 9.99. The maximum Gasteiger partial charge on any atom is 0.416 e. The summed E-state index contributed by atoms with van der Waals surface area (Å²) < 4.78 is 39.8. The summed E-state index contributed by atoms with van der Waals surface area (Å²) in [6, 6.07) is 5.17. The molecule has 0 saturated carbocycles. The minimum Gasteiger partial charge on any atom is -0.353 e. The Morgan fingerprint density at radius 3 is 2.48 bits per heavy atom. The largest absolute Gasteiger partial charge is 0.416 e. The molecule has 1 aromatic rings. The minimum atomic E-state index is -4.42. The Kier molecular flexibility index (Phi) is 8.33. The Hall–Kier alpha value is -2.51. The summed E-state index contributed by atoms with van der Waals surface area (Å²) in [6.45, 7) is 7.44. The van der Waals surface area contributed by atoms with Crippen molar-refractivity contribution in [3.05, 3.63) is 48.0 Å². The van der Waals surface area contributed by atoms with Crippen molar-refractivity contribution in [3.63, 3.8) is 0 Å². The molecule has 0 saturated heterocycles. The van der Waals surface area contributed by atoms with E-state index in [-0.39, 0.29) is 24.1 Å². The fourth-order valence-corrected chi connectivity index (χ4v) is 2.37. The summed E-state index contributed by atoms with van der Waals surface area (Å²) in [4.78, 5) is 17.4. The molecule has 0 fully saturated rings. The molecule has 1 aromatic carbocycles. The quantitative estimate of drug-likeness (QED) is 0.432. The van der Waals surface area contributed by atoms with E-state index in [2.05, 4.69) is 22.2 Å². The fraction of sp³-hybridized carbons (Fsp3) is 0.474. The van der Waals surface area contributed by atoms with Crippen molar-refractivity contribution in [2.75, 3.05) is 27.2 Å². The predicted molar refractivity (Wildman–Crippen MR) is 102 cm³/mol. The maximum atomic E-state index is 13.3. The zero-order chi connectivity index (χ0) is 20.6. The van der Waals surface area contributed by atoms with Crippen molar-refractivity contribution in [2.45, 2.75) is 32.0 Å². The van der Waals surface area contributed by atoms with Crippen LogP contribution in [-0.4, -0.2) is 50.0 Å². The molecule has 0 aromatic heterocycles. The van der Waals surface area contributed by atoms with Gasteiger partial charge in [-0.3, -0.25) is 4.79 Å². The third-order valence-electron chi connectivity index (χ3n) is 4.16. The lowest BCUT2D eigenvalue weighted by Gasteiger charge is -2.26. The number of halogens is 3. The molecule has 0 aliphatic heterocycles. The van der Waals surface area contributed by atoms with E-state index in [9.17, 15) is 18.0 Å². The van der Waals surface area contributed by atoms with E-state index in [0.717, 1.165) is 6.07 Å². The van der Waals surface area contributed by atoms with Crippen LogP contribution in [0.25, 0.3) is 0 Å². The highest BCUT2D eigenvalue weighted by atomic mass is 19.4. The van der Waals surface area contributed by atoms with E-state index in [1.165, 1.54) is 17.0 Å². The molecule has 5 nitrogen and oxygen atoms in total. The van der Waals surface area contributed by atoms with E-state index in [0.29, 0.717) is 12.5 Å². The highest BCUT2D eigenvalue weighted by Gasteiger charge is 2.35. The van der Waals surface area contributed by atoms with Crippen molar-refractivity contribution in [2.24, 2.45) is 4.99 Å². The molecule has 27 heavy (non-hydrogen) atoms. The van der Waals surface area contributed by atoms with Crippen LogP contribution in [0, 0.1) is 0 Å². The number of carbonyl (C=O) groups excluding carboxylic acids is 1. The average molecular weight is 384 g/mol. The number of rotatable bonds is 7. The summed E-state index contributed by atoms with van der Waals surface area (Å²) in [5, 5.41) is 6.05. The summed E-state index contributed by atoms with van der Waals surface area (Å²) >= 11 is 0. The van der Waals surface area contributed by atoms with Gasteiger partial charge >= 0.3 is 6.18 Å². The molecule has 0 spiro atoms. The molecule has 0 bridgehead atoms. The molecule has 0 radical (unpaired) electrons. The third kappa shape index (κ3) is 6.96. The molecule has 1 rings (SSSR count). The molecule has 1 amide bonds. The maximum absolute atomic E-state index is 13.3. The molecular weight excluding hydrogens is 357 g/mol. The van der Waals surface area contributed by atoms with Crippen LogP contribution >= 0.6 is 0 Å². The molecule has 0 aliphatic rings. The van der Waals surface area contributed by atoms with Gasteiger partial charge in [0.25, 0.3) is 0 Å². The van der Waals surface area contributed by atoms with E-state index < -0.39 is 17.7 Å². The normalized spacial score (nSPS) is 14.3. The summed E-state index contributed by atoms with van der Waals surface area (Å²) in [5.41, 5.74) is -0.441. The first-order valence-corrected chi connectivity index (χ1v) is 8.60. The van der Waals surface area contributed by atoms with Gasteiger partial charge in [-0.15, -0.1) is 6.58 Å². The van der Waals surface area contributed by atoms with E-state index >= 15 is 0 Å². The van der Waals surface area contributed by atoms with Crippen molar-refractivity contribution in [1.82, 2.24) is 15.5 Å². The lowest BCUT2D eigenvalue weighted by molar-refractivity contribution is -0.138. The molecule has 2 atom stereocenters. The van der Waals surface area contributed by atoms with Gasteiger partial charge in [-0.2, -0.15) is 13.2 Å². The zero-order valence-corrected chi connectivity index (χ0v) is 16.1. The molecule has 2 N–H and O–H groups in total. The summed E-state index contributed by atoms with van der Waals surface area (Å²) in [7, 11) is 3.25. The van der Waals surface area contributed by atoms with Crippen LogP contribution in [0.15, 0.2) is 41.9 Å². The van der Waals surface area contributed by atoms with Gasteiger partial charge in [0.1, 0.15) is 6.54 Å². The van der Waals surface area contributed by atoms with E-state index in [1.807, 2.05) is 0 Å². The number of hydrogen-bond acceptors (Lipinski definition) is 2. The monoisotopic (exact) mass is 384 g/mol. The number of hydrogen-bond donors (Lipinski definition) is 2. The van der Waals surface area contributed by atoms with Crippen LogP contribution in [0.4, 0.5) is 13.2 Å². The highest BCUT2D eigenvalue weighted by Crippen LogP contribution is 2.35. The number of amides is 1. The van der Waals surface area contributed by atoms with Crippen LogP contribution in [0.5, 0.6) is 0 Å². The second-order valence-corrected chi connectivity index (χ2v) is 6.43. The van der Waals surface area contributed by atoms with E-state index in [1.54, 1.807) is 40.1 Å². The van der Waals surface area contributed by atoms with Crippen LogP contribution in [0.1, 0.15) is 30.9 Å². The van der Waals surface area contributed by atoms with Crippen LogP contribution in [0.3, 0.4) is 0 Å². The van der Waals surface area contributed by atoms with Gasteiger partial charge < -0.3 is 15.5 Å². The van der Waals surface area contributed by atoms with Gasteiger partial charge in [0.05, 0.1) is 5.56 Å². The number of guanidine groups is 1. The van der Waals surface area contributed by atoms with Gasteiger partial charge in [0.2, 0.25) is 5.91 Å².